The van der Waals surface area contributed by atoms with Gasteiger partial charge in [0.1, 0.15) is 5.82 Å². The van der Waals surface area contributed by atoms with E-state index < -0.39 is 15.8 Å². The molecule has 3 nitrogen and oxygen atoms in total. The van der Waals surface area contributed by atoms with Crippen LogP contribution >= 0.6 is 11.6 Å². The number of hydrogen-bond acceptors (Lipinski definition) is 2. The monoisotopic (exact) mass is 303 g/mol. The van der Waals surface area contributed by atoms with Crippen LogP contribution in [0, 0.1) is 5.82 Å². The molecule has 2 aliphatic heterocycles. The molecule has 1 aromatic rings. The maximum atomic E-state index is 13.2. The number of piperidine rings is 1. The fourth-order valence-corrected chi connectivity index (χ4v) is 5.42. The van der Waals surface area contributed by atoms with Crippen LogP contribution < -0.4 is 0 Å². The molecule has 0 radical (unpaired) electrons. The molecule has 2 atom stereocenters. The molecule has 0 saturated carbocycles. The van der Waals surface area contributed by atoms with E-state index >= 15 is 0 Å². The first-order valence-electron chi connectivity index (χ1n) is 6.49. The molecule has 3 rings (SSSR count). The van der Waals surface area contributed by atoms with Gasteiger partial charge in [0.25, 0.3) is 0 Å². The first-order chi connectivity index (χ1) is 9.00. The lowest BCUT2D eigenvalue weighted by Gasteiger charge is -2.33. The van der Waals surface area contributed by atoms with Gasteiger partial charge in [-0.2, -0.15) is 4.31 Å². The van der Waals surface area contributed by atoms with Crippen molar-refractivity contribution in [2.75, 3.05) is 0 Å². The van der Waals surface area contributed by atoms with Crippen LogP contribution in [0.15, 0.2) is 23.1 Å². The molecule has 0 N–H and O–H groups in total. The predicted octanol–water partition coefficient (Wildman–Crippen LogP) is 3.18. The lowest BCUT2D eigenvalue weighted by molar-refractivity contribution is 0.248. The van der Waals surface area contributed by atoms with Crippen LogP contribution in [0.5, 0.6) is 0 Å². The van der Waals surface area contributed by atoms with Crippen LogP contribution in [0.3, 0.4) is 0 Å². The molecule has 0 amide bonds. The summed E-state index contributed by atoms with van der Waals surface area (Å²) in [6, 6.07) is 3.83. The van der Waals surface area contributed by atoms with Crippen molar-refractivity contribution in [1.82, 2.24) is 4.31 Å². The maximum absolute atomic E-state index is 13.2. The smallest absolute Gasteiger partial charge is 0.207 e. The second-order valence-electron chi connectivity index (χ2n) is 5.23. The molecule has 0 aromatic heterocycles. The number of sulfonamides is 1. The molecule has 104 valence electrons. The number of hydrogen-bond donors (Lipinski definition) is 0. The van der Waals surface area contributed by atoms with E-state index in [1.165, 1.54) is 12.1 Å². The fourth-order valence-electron chi connectivity index (χ4n) is 3.22. The summed E-state index contributed by atoms with van der Waals surface area (Å²) in [6.07, 6.45) is 4.79. The van der Waals surface area contributed by atoms with E-state index in [2.05, 4.69) is 0 Å². The molecule has 0 spiro atoms. The maximum Gasteiger partial charge on any atom is 0.243 e. The Morgan fingerprint density at radius 2 is 1.79 bits per heavy atom. The first-order valence-corrected chi connectivity index (χ1v) is 8.30. The molecule has 2 fully saturated rings. The van der Waals surface area contributed by atoms with Crippen molar-refractivity contribution in [2.45, 2.75) is 49.1 Å². The van der Waals surface area contributed by atoms with Crippen molar-refractivity contribution in [3.63, 3.8) is 0 Å². The van der Waals surface area contributed by atoms with Gasteiger partial charge in [-0.15, -0.1) is 0 Å². The van der Waals surface area contributed by atoms with Crippen molar-refractivity contribution >= 4 is 21.6 Å². The van der Waals surface area contributed by atoms with Crippen LogP contribution in [0.1, 0.15) is 32.1 Å². The third-order valence-electron chi connectivity index (χ3n) is 4.09. The molecule has 0 aliphatic carbocycles. The van der Waals surface area contributed by atoms with Gasteiger partial charge in [-0.3, -0.25) is 0 Å². The number of benzene rings is 1. The molecule has 2 heterocycles. The second-order valence-corrected chi connectivity index (χ2v) is 7.48. The Balaban J connectivity index is 2.00. The van der Waals surface area contributed by atoms with E-state index in [9.17, 15) is 12.8 Å². The molecule has 2 aliphatic rings. The Morgan fingerprint density at radius 1 is 1.16 bits per heavy atom. The van der Waals surface area contributed by atoms with Gasteiger partial charge in [0.05, 0.1) is 9.92 Å². The minimum atomic E-state index is -3.55. The summed E-state index contributed by atoms with van der Waals surface area (Å²) in [7, 11) is -3.55. The second kappa shape index (κ2) is 4.72. The zero-order valence-electron chi connectivity index (χ0n) is 10.4. The molecule has 6 heteroatoms. The molecular weight excluding hydrogens is 289 g/mol. The molecular formula is C13H15ClFNO2S. The van der Waals surface area contributed by atoms with Gasteiger partial charge in [-0.05, 0) is 43.9 Å². The minimum absolute atomic E-state index is 0.0951. The third kappa shape index (κ3) is 2.18. The number of rotatable bonds is 2. The van der Waals surface area contributed by atoms with E-state index in [0.717, 1.165) is 38.2 Å². The topological polar surface area (TPSA) is 37.4 Å². The third-order valence-corrected chi connectivity index (χ3v) is 6.38. The van der Waals surface area contributed by atoms with Gasteiger partial charge < -0.3 is 0 Å². The summed E-state index contributed by atoms with van der Waals surface area (Å²) in [4.78, 5) is 0.0951. The Labute approximate surface area is 117 Å². The van der Waals surface area contributed by atoms with Gasteiger partial charge in [0.15, 0.2) is 0 Å². The Morgan fingerprint density at radius 3 is 2.37 bits per heavy atom. The standard InChI is InChI=1S/C13H15ClFNO2S/c14-12-8-11(6-7-13(12)15)19(17,18)16-9-2-1-3-10(16)5-4-9/h6-10H,1-5H2. The first kappa shape index (κ1) is 13.3. The zero-order valence-corrected chi connectivity index (χ0v) is 11.9. The number of halogens is 2. The molecule has 2 saturated heterocycles. The van der Waals surface area contributed by atoms with E-state index in [1.807, 2.05) is 0 Å². The summed E-state index contributed by atoms with van der Waals surface area (Å²) in [6.45, 7) is 0. The summed E-state index contributed by atoms with van der Waals surface area (Å²) in [5.41, 5.74) is 0. The lowest BCUT2D eigenvalue weighted by atomic mass is 10.1. The van der Waals surface area contributed by atoms with E-state index in [1.54, 1.807) is 4.31 Å². The van der Waals surface area contributed by atoms with Crippen molar-refractivity contribution in [1.29, 1.82) is 0 Å². The van der Waals surface area contributed by atoms with Crippen LogP contribution in [-0.4, -0.2) is 24.8 Å². The van der Waals surface area contributed by atoms with Crippen LogP contribution in [0.2, 0.25) is 5.02 Å². The highest BCUT2D eigenvalue weighted by Crippen LogP contribution is 2.39. The van der Waals surface area contributed by atoms with Gasteiger partial charge >= 0.3 is 0 Å². The minimum Gasteiger partial charge on any atom is -0.207 e. The van der Waals surface area contributed by atoms with Crippen LogP contribution in [-0.2, 0) is 10.0 Å². The average molecular weight is 304 g/mol. The Bertz CT molecular complexity index is 589. The van der Waals surface area contributed by atoms with Crippen molar-refractivity contribution in [2.24, 2.45) is 0 Å². The summed E-state index contributed by atoms with van der Waals surface area (Å²) in [5, 5.41) is -0.148. The van der Waals surface area contributed by atoms with E-state index in [-0.39, 0.29) is 22.0 Å². The van der Waals surface area contributed by atoms with Crippen LogP contribution in [0.4, 0.5) is 4.39 Å². The summed E-state index contributed by atoms with van der Waals surface area (Å²) in [5.74, 6) is -0.595. The van der Waals surface area contributed by atoms with Crippen molar-refractivity contribution in [3.05, 3.63) is 29.0 Å². The molecule has 19 heavy (non-hydrogen) atoms. The highest BCUT2D eigenvalue weighted by atomic mass is 35.5. The fraction of sp³-hybridized carbons (Fsp3) is 0.538. The van der Waals surface area contributed by atoms with Gasteiger partial charge in [0, 0.05) is 12.1 Å². The van der Waals surface area contributed by atoms with E-state index in [0.29, 0.717) is 0 Å². The zero-order chi connectivity index (χ0) is 13.6. The SMILES string of the molecule is O=S(=O)(c1ccc(F)c(Cl)c1)N1C2CCCC1CC2. The summed E-state index contributed by atoms with van der Waals surface area (Å²) < 4.78 is 40.1. The highest BCUT2D eigenvalue weighted by Gasteiger charge is 2.44. The van der Waals surface area contributed by atoms with Gasteiger partial charge in [-0.1, -0.05) is 18.0 Å². The molecule has 1 aromatic carbocycles. The number of nitrogens with zero attached hydrogens (tertiary/aromatic N) is 1. The lowest BCUT2D eigenvalue weighted by Crippen LogP contribution is -2.43. The highest BCUT2D eigenvalue weighted by molar-refractivity contribution is 7.89. The Hall–Kier alpha value is -0.650. The quantitative estimate of drug-likeness (QED) is 0.841. The van der Waals surface area contributed by atoms with Crippen LogP contribution in [0.25, 0.3) is 0 Å². The molecule has 2 bridgehead atoms. The average Bonchev–Trinajstić information content (AvgIpc) is 2.64. The normalized spacial score (nSPS) is 27.7. The van der Waals surface area contributed by atoms with Gasteiger partial charge in [-0.25, -0.2) is 12.8 Å². The predicted molar refractivity (Wildman–Crippen MR) is 71.1 cm³/mol. The molecule has 2 unspecified atom stereocenters. The Kier molecular flexibility index (Phi) is 3.31. The van der Waals surface area contributed by atoms with E-state index in [4.69, 9.17) is 11.6 Å². The van der Waals surface area contributed by atoms with Crippen molar-refractivity contribution < 1.29 is 12.8 Å². The van der Waals surface area contributed by atoms with Gasteiger partial charge in [0.2, 0.25) is 10.0 Å². The number of fused-ring (bicyclic) bond motifs is 2. The summed E-state index contributed by atoms with van der Waals surface area (Å²) >= 11 is 5.69. The largest absolute Gasteiger partial charge is 0.243 e. The van der Waals surface area contributed by atoms with Crippen molar-refractivity contribution in [3.8, 4) is 0 Å².